The van der Waals surface area contributed by atoms with Gasteiger partial charge in [0.2, 0.25) is 0 Å². The second-order valence-corrected chi connectivity index (χ2v) is 5.64. The lowest BCUT2D eigenvalue weighted by atomic mass is 10.1. The van der Waals surface area contributed by atoms with Gasteiger partial charge in [-0.25, -0.2) is 0 Å². The van der Waals surface area contributed by atoms with Crippen molar-refractivity contribution in [3.63, 3.8) is 0 Å². The molecule has 0 aromatic heterocycles. The van der Waals surface area contributed by atoms with Crippen LogP contribution in [0.5, 0.6) is 5.75 Å². The molecular formula is C16H25BrO2. The summed E-state index contributed by atoms with van der Waals surface area (Å²) in [4.78, 5) is 0. The number of hydrogen-bond donors (Lipinski definition) is 0. The van der Waals surface area contributed by atoms with Crippen molar-refractivity contribution in [3.05, 3.63) is 28.2 Å². The largest absolute Gasteiger partial charge is 0.496 e. The second-order valence-electron chi connectivity index (χ2n) is 4.79. The first-order chi connectivity index (χ1) is 9.27. The van der Waals surface area contributed by atoms with E-state index >= 15 is 0 Å². The minimum absolute atomic E-state index is 0.678. The molecule has 1 aromatic carbocycles. The van der Waals surface area contributed by atoms with Gasteiger partial charge in [-0.15, -0.1) is 0 Å². The first kappa shape index (κ1) is 16.5. The smallest absolute Gasteiger partial charge is 0.133 e. The van der Waals surface area contributed by atoms with E-state index in [1.807, 2.05) is 12.1 Å². The highest BCUT2D eigenvalue weighted by atomic mass is 79.9. The van der Waals surface area contributed by atoms with Gasteiger partial charge in [-0.3, -0.25) is 0 Å². The summed E-state index contributed by atoms with van der Waals surface area (Å²) in [6.45, 7) is 3.78. The summed E-state index contributed by atoms with van der Waals surface area (Å²) in [7, 11) is 1.68. The molecule has 0 amide bonds. The van der Waals surface area contributed by atoms with E-state index < -0.39 is 0 Å². The molecule has 0 spiro atoms. The third-order valence-electron chi connectivity index (χ3n) is 3.13. The Morgan fingerprint density at radius 3 is 2.47 bits per heavy atom. The van der Waals surface area contributed by atoms with E-state index in [1.165, 1.54) is 44.1 Å². The molecule has 0 fully saturated rings. The molecule has 0 aliphatic rings. The Balaban J connectivity index is 2.11. The van der Waals surface area contributed by atoms with Crippen molar-refractivity contribution in [3.8, 4) is 5.75 Å². The van der Waals surface area contributed by atoms with Gasteiger partial charge < -0.3 is 9.47 Å². The Kier molecular flexibility index (Phi) is 8.93. The SMILES string of the molecule is CCCCCCCCOCc1ccc(OC)c(Br)c1. The molecule has 0 radical (unpaired) electrons. The van der Waals surface area contributed by atoms with Gasteiger partial charge in [0.1, 0.15) is 5.75 Å². The minimum atomic E-state index is 0.678. The molecule has 0 saturated heterocycles. The molecule has 0 N–H and O–H groups in total. The number of rotatable bonds is 10. The Bertz CT molecular complexity index is 353. The van der Waals surface area contributed by atoms with Crippen LogP contribution in [-0.4, -0.2) is 13.7 Å². The van der Waals surface area contributed by atoms with Gasteiger partial charge in [-0.1, -0.05) is 45.1 Å². The number of methoxy groups -OCH3 is 1. The van der Waals surface area contributed by atoms with Crippen LogP contribution in [0.3, 0.4) is 0 Å². The molecule has 0 heterocycles. The Morgan fingerprint density at radius 1 is 1.05 bits per heavy atom. The average Bonchev–Trinajstić information content (AvgIpc) is 2.42. The van der Waals surface area contributed by atoms with Crippen LogP contribution in [0.15, 0.2) is 22.7 Å². The van der Waals surface area contributed by atoms with Crippen molar-refractivity contribution in [2.24, 2.45) is 0 Å². The molecule has 0 saturated carbocycles. The summed E-state index contributed by atoms with van der Waals surface area (Å²) in [5, 5.41) is 0. The van der Waals surface area contributed by atoms with Crippen LogP contribution in [0.1, 0.15) is 51.0 Å². The van der Waals surface area contributed by atoms with Crippen LogP contribution < -0.4 is 4.74 Å². The van der Waals surface area contributed by atoms with Crippen molar-refractivity contribution in [2.75, 3.05) is 13.7 Å². The van der Waals surface area contributed by atoms with Crippen molar-refractivity contribution >= 4 is 15.9 Å². The number of hydrogen-bond acceptors (Lipinski definition) is 2. The molecule has 0 unspecified atom stereocenters. The lowest BCUT2D eigenvalue weighted by Crippen LogP contribution is -1.96. The van der Waals surface area contributed by atoms with Crippen LogP contribution in [0, 0.1) is 0 Å². The first-order valence-corrected chi connectivity index (χ1v) is 7.97. The van der Waals surface area contributed by atoms with E-state index in [-0.39, 0.29) is 0 Å². The van der Waals surface area contributed by atoms with Gasteiger partial charge in [-0.2, -0.15) is 0 Å². The molecule has 0 bridgehead atoms. The molecule has 108 valence electrons. The third-order valence-corrected chi connectivity index (χ3v) is 3.75. The third kappa shape index (κ3) is 6.98. The number of benzene rings is 1. The van der Waals surface area contributed by atoms with Crippen LogP contribution in [0.2, 0.25) is 0 Å². The number of unbranched alkanes of at least 4 members (excludes halogenated alkanes) is 5. The predicted octanol–water partition coefficient (Wildman–Crippen LogP) is 5.33. The van der Waals surface area contributed by atoms with Gasteiger partial charge in [-0.05, 0) is 40.0 Å². The molecule has 1 rings (SSSR count). The van der Waals surface area contributed by atoms with E-state index in [0.717, 1.165) is 16.8 Å². The topological polar surface area (TPSA) is 18.5 Å². The Morgan fingerprint density at radius 2 is 1.79 bits per heavy atom. The van der Waals surface area contributed by atoms with Crippen molar-refractivity contribution in [2.45, 2.75) is 52.1 Å². The summed E-state index contributed by atoms with van der Waals surface area (Å²) in [6.07, 6.45) is 7.82. The first-order valence-electron chi connectivity index (χ1n) is 7.18. The van der Waals surface area contributed by atoms with Crippen molar-refractivity contribution < 1.29 is 9.47 Å². The zero-order chi connectivity index (χ0) is 13.9. The summed E-state index contributed by atoms with van der Waals surface area (Å²) in [5.74, 6) is 0.861. The van der Waals surface area contributed by atoms with Gasteiger partial charge in [0.05, 0.1) is 18.2 Å². The molecule has 1 aromatic rings. The quantitative estimate of drug-likeness (QED) is 0.540. The molecule has 0 atom stereocenters. The van der Waals surface area contributed by atoms with Crippen LogP contribution in [0.4, 0.5) is 0 Å². The van der Waals surface area contributed by atoms with E-state index in [2.05, 4.69) is 28.9 Å². The summed E-state index contributed by atoms with van der Waals surface area (Å²) in [5.41, 5.74) is 1.18. The molecule has 19 heavy (non-hydrogen) atoms. The fraction of sp³-hybridized carbons (Fsp3) is 0.625. The second kappa shape index (κ2) is 10.3. The van der Waals surface area contributed by atoms with E-state index in [0.29, 0.717) is 6.61 Å². The fourth-order valence-electron chi connectivity index (χ4n) is 1.97. The lowest BCUT2D eigenvalue weighted by Gasteiger charge is -2.07. The fourth-order valence-corrected chi connectivity index (χ4v) is 2.56. The molecular weight excluding hydrogens is 304 g/mol. The van der Waals surface area contributed by atoms with Crippen molar-refractivity contribution in [1.82, 2.24) is 0 Å². The summed E-state index contributed by atoms with van der Waals surface area (Å²) < 4.78 is 11.9. The Hall–Kier alpha value is -0.540. The maximum Gasteiger partial charge on any atom is 0.133 e. The lowest BCUT2D eigenvalue weighted by molar-refractivity contribution is 0.116. The van der Waals surface area contributed by atoms with Crippen LogP contribution >= 0.6 is 15.9 Å². The molecule has 0 aliphatic carbocycles. The van der Waals surface area contributed by atoms with E-state index in [4.69, 9.17) is 9.47 Å². The number of ether oxygens (including phenoxy) is 2. The Labute approximate surface area is 125 Å². The summed E-state index contributed by atoms with van der Waals surface area (Å²) in [6, 6.07) is 6.07. The van der Waals surface area contributed by atoms with E-state index in [9.17, 15) is 0 Å². The monoisotopic (exact) mass is 328 g/mol. The maximum atomic E-state index is 5.69. The van der Waals surface area contributed by atoms with Gasteiger partial charge in [0.25, 0.3) is 0 Å². The highest BCUT2D eigenvalue weighted by molar-refractivity contribution is 9.10. The number of halogens is 1. The van der Waals surface area contributed by atoms with Crippen molar-refractivity contribution in [1.29, 1.82) is 0 Å². The minimum Gasteiger partial charge on any atom is -0.496 e. The zero-order valence-corrected chi connectivity index (χ0v) is 13.7. The highest BCUT2D eigenvalue weighted by Crippen LogP contribution is 2.25. The standard InChI is InChI=1S/C16H25BrO2/c1-3-4-5-6-7-8-11-19-13-14-9-10-16(18-2)15(17)12-14/h9-10,12H,3-8,11,13H2,1-2H3. The molecule has 2 nitrogen and oxygen atoms in total. The van der Waals surface area contributed by atoms with Gasteiger partial charge in [0.15, 0.2) is 0 Å². The predicted molar refractivity (Wildman–Crippen MR) is 83.7 cm³/mol. The van der Waals surface area contributed by atoms with E-state index in [1.54, 1.807) is 7.11 Å². The van der Waals surface area contributed by atoms with Gasteiger partial charge in [0, 0.05) is 6.61 Å². The summed E-state index contributed by atoms with van der Waals surface area (Å²) >= 11 is 3.48. The van der Waals surface area contributed by atoms with Crippen LogP contribution in [-0.2, 0) is 11.3 Å². The highest BCUT2D eigenvalue weighted by Gasteiger charge is 2.01. The molecule has 3 heteroatoms. The average molecular weight is 329 g/mol. The zero-order valence-electron chi connectivity index (χ0n) is 12.1. The van der Waals surface area contributed by atoms with Crippen LogP contribution in [0.25, 0.3) is 0 Å². The molecule has 0 aliphatic heterocycles. The maximum absolute atomic E-state index is 5.69. The van der Waals surface area contributed by atoms with Gasteiger partial charge >= 0.3 is 0 Å². The normalized spacial score (nSPS) is 10.7.